The molecule has 28 heavy (non-hydrogen) atoms. The van der Waals surface area contributed by atoms with E-state index in [9.17, 15) is 8.42 Å². The van der Waals surface area contributed by atoms with Crippen LogP contribution >= 0.6 is 0 Å². The Hall–Kier alpha value is -1.50. The maximum Gasteiger partial charge on any atom is 0.242 e. The third-order valence-corrected chi connectivity index (χ3v) is 7.95. The highest BCUT2D eigenvalue weighted by atomic mass is 32.2. The fourth-order valence-corrected chi connectivity index (χ4v) is 6.17. The molecule has 0 amide bonds. The lowest BCUT2D eigenvalue weighted by atomic mass is 9.75. The van der Waals surface area contributed by atoms with Crippen molar-refractivity contribution in [2.45, 2.75) is 49.8 Å². The van der Waals surface area contributed by atoms with Gasteiger partial charge in [0.25, 0.3) is 0 Å². The van der Waals surface area contributed by atoms with Crippen LogP contribution in [0.3, 0.4) is 0 Å². The highest BCUT2D eigenvalue weighted by Gasteiger charge is 2.30. The Balaban J connectivity index is 1.25. The Morgan fingerprint density at radius 2 is 1.86 bits per heavy atom. The van der Waals surface area contributed by atoms with Crippen LogP contribution in [0, 0.1) is 11.8 Å². The molecule has 6 heteroatoms. The SMILES string of the molecule is O=S(=O)(NCCCCN1CCC2CCCCC2C1)c1cccc2cccnc12. The fraction of sp³-hybridized carbons (Fsp3) is 0.591. The molecule has 1 aromatic heterocycles. The topological polar surface area (TPSA) is 62.3 Å². The molecule has 4 rings (SSSR count). The number of nitrogens with one attached hydrogen (secondary N) is 1. The number of benzene rings is 1. The number of aromatic nitrogens is 1. The minimum absolute atomic E-state index is 0.268. The number of likely N-dealkylation sites (tertiary alicyclic amines) is 1. The maximum atomic E-state index is 12.7. The molecule has 152 valence electrons. The number of hydrogen-bond donors (Lipinski definition) is 1. The summed E-state index contributed by atoms with van der Waals surface area (Å²) in [5.41, 5.74) is 0.535. The van der Waals surface area contributed by atoms with Crippen LogP contribution in [0.5, 0.6) is 0 Å². The first-order chi connectivity index (χ1) is 13.6. The van der Waals surface area contributed by atoms with E-state index < -0.39 is 10.0 Å². The summed E-state index contributed by atoms with van der Waals surface area (Å²) in [4.78, 5) is 7.12. The minimum Gasteiger partial charge on any atom is -0.303 e. The molecule has 2 aliphatic rings. The molecule has 2 atom stereocenters. The van der Waals surface area contributed by atoms with Gasteiger partial charge < -0.3 is 4.90 Å². The van der Waals surface area contributed by atoms with E-state index in [1.807, 2.05) is 18.2 Å². The van der Waals surface area contributed by atoms with Gasteiger partial charge >= 0.3 is 0 Å². The lowest BCUT2D eigenvalue weighted by Gasteiger charge is -2.41. The number of hydrogen-bond acceptors (Lipinski definition) is 4. The van der Waals surface area contributed by atoms with Gasteiger partial charge in [-0.25, -0.2) is 13.1 Å². The maximum absolute atomic E-state index is 12.7. The van der Waals surface area contributed by atoms with E-state index in [2.05, 4.69) is 14.6 Å². The summed E-state index contributed by atoms with van der Waals surface area (Å²) >= 11 is 0. The summed E-state index contributed by atoms with van der Waals surface area (Å²) in [5, 5.41) is 0.844. The predicted molar refractivity (Wildman–Crippen MR) is 113 cm³/mol. The van der Waals surface area contributed by atoms with Crippen molar-refractivity contribution in [3.05, 3.63) is 36.5 Å². The average molecular weight is 402 g/mol. The normalized spacial score (nSPS) is 23.6. The molecule has 5 nitrogen and oxygen atoms in total. The van der Waals surface area contributed by atoms with Crippen LogP contribution in [0.2, 0.25) is 0 Å². The number of rotatable bonds is 7. The van der Waals surface area contributed by atoms with Gasteiger partial charge in [0.05, 0.1) is 5.52 Å². The Labute approximate surface area is 168 Å². The second-order valence-electron chi connectivity index (χ2n) is 8.33. The predicted octanol–water partition coefficient (Wildman–Crippen LogP) is 3.81. The van der Waals surface area contributed by atoms with Crippen LogP contribution in [-0.4, -0.2) is 44.5 Å². The number of unbranched alkanes of at least 4 members (excludes halogenated alkanes) is 1. The second-order valence-corrected chi connectivity index (χ2v) is 10.1. The summed E-state index contributed by atoms with van der Waals surface area (Å²) in [6, 6.07) is 9.00. The third kappa shape index (κ3) is 4.56. The first-order valence-electron chi connectivity index (χ1n) is 10.7. The molecule has 1 aliphatic carbocycles. The summed E-state index contributed by atoms with van der Waals surface area (Å²) in [7, 11) is -3.53. The minimum atomic E-state index is -3.53. The van der Waals surface area contributed by atoms with Crippen molar-refractivity contribution in [2.75, 3.05) is 26.2 Å². The molecule has 0 bridgehead atoms. The van der Waals surface area contributed by atoms with Crippen LogP contribution in [0.1, 0.15) is 44.9 Å². The Morgan fingerprint density at radius 3 is 2.75 bits per heavy atom. The largest absolute Gasteiger partial charge is 0.303 e. The second kappa shape index (κ2) is 8.89. The molecule has 0 radical (unpaired) electrons. The van der Waals surface area contributed by atoms with Crippen molar-refractivity contribution in [1.82, 2.24) is 14.6 Å². The van der Waals surface area contributed by atoms with Gasteiger partial charge in [-0.05, 0) is 62.7 Å². The molecule has 1 saturated carbocycles. The van der Waals surface area contributed by atoms with Crippen molar-refractivity contribution in [2.24, 2.45) is 11.8 Å². The number of sulfonamides is 1. The van der Waals surface area contributed by atoms with E-state index in [1.165, 1.54) is 45.2 Å². The number of piperidine rings is 1. The van der Waals surface area contributed by atoms with E-state index in [-0.39, 0.29) is 4.90 Å². The van der Waals surface area contributed by atoms with E-state index in [0.29, 0.717) is 12.1 Å². The van der Waals surface area contributed by atoms with Gasteiger partial charge in [0, 0.05) is 24.7 Å². The Bertz CT molecular complexity index is 894. The standard InChI is InChI=1S/C22H31N3O2S/c26-28(27,21-11-5-9-19-10-6-13-23-22(19)21)24-14-3-4-15-25-16-12-18-7-1-2-8-20(18)17-25/h5-6,9-11,13,18,20,24H,1-4,7-8,12,14-17H2. The van der Waals surface area contributed by atoms with Crippen LogP contribution < -0.4 is 4.72 Å². The molecule has 2 heterocycles. The van der Waals surface area contributed by atoms with E-state index in [1.54, 1.807) is 18.3 Å². The van der Waals surface area contributed by atoms with E-state index in [4.69, 9.17) is 0 Å². The molecule has 2 unspecified atom stereocenters. The third-order valence-electron chi connectivity index (χ3n) is 6.45. The quantitative estimate of drug-likeness (QED) is 0.717. The van der Waals surface area contributed by atoms with Gasteiger partial charge in [-0.15, -0.1) is 0 Å². The molecule has 1 aromatic carbocycles. The summed E-state index contributed by atoms with van der Waals surface area (Å²) in [6.45, 7) is 4.03. The van der Waals surface area contributed by atoms with Crippen molar-refractivity contribution in [3.63, 3.8) is 0 Å². The van der Waals surface area contributed by atoms with Gasteiger partial charge in [0.1, 0.15) is 4.90 Å². The zero-order chi connectivity index (χ0) is 19.4. The molecular formula is C22H31N3O2S. The molecule has 0 spiro atoms. The van der Waals surface area contributed by atoms with Crippen molar-refractivity contribution in [1.29, 1.82) is 0 Å². The zero-order valence-electron chi connectivity index (χ0n) is 16.5. The van der Waals surface area contributed by atoms with Crippen molar-refractivity contribution in [3.8, 4) is 0 Å². The lowest BCUT2D eigenvalue weighted by molar-refractivity contribution is 0.0858. The first-order valence-corrected chi connectivity index (χ1v) is 12.2. The van der Waals surface area contributed by atoms with Gasteiger partial charge in [-0.2, -0.15) is 0 Å². The highest BCUT2D eigenvalue weighted by Crippen LogP contribution is 2.36. The molecule has 1 N–H and O–H groups in total. The molecule has 2 fully saturated rings. The molecule has 1 aliphatic heterocycles. The first kappa shape index (κ1) is 19.8. The summed E-state index contributed by atoms with van der Waals surface area (Å²) in [5.74, 6) is 1.87. The Kier molecular flexibility index (Phi) is 6.28. The molecule has 1 saturated heterocycles. The summed E-state index contributed by atoms with van der Waals surface area (Å²) in [6.07, 6.45) is 10.6. The number of para-hydroxylation sites is 1. The van der Waals surface area contributed by atoms with Gasteiger partial charge in [0.2, 0.25) is 10.0 Å². The van der Waals surface area contributed by atoms with E-state index >= 15 is 0 Å². The van der Waals surface area contributed by atoms with Crippen molar-refractivity contribution >= 4 is 20.9 Å². The van der Waals surface area contributed by atoms with Crippen LogP contribution in [-0.2, 0) is 10.0 Å². The van der Waals surface area contributed by atoms with Gasteiger partial charge in [-0.3, -0.25) is 4.98 Å². The monoisotopic (exact) mass is 401 g/mol. The molecular weight excluding hydrogens is 370 g/mol. The smallest absolute Gasteiger partial charge is 0.242 e. The highest BCUT2D eigenvalue weighted by molar-refractivity contribution is 7.89. The van der Waals surface area contributed by atoms with Gasteiger partial charge in [-0.1, -0.05) is 37.5 Å². The lowest BCUT2D eigenvalue weighted by Crippen LogP contribution is -2.42. The molecule has 2 aromatic rings. The fourth-order valence-electron chi connectivity index (χ4n) is 4.92. The van der Waals surface area contributed by atoms with E-state index in [0.717, 1.165) is 36.6 Å². The number of nitrogens with zero attached hydrogens (tertiary/aromatic N) is 2. The average Bonchev–Trinajstić information content (AvgIpc) is 2.73. The van der Waals surface area contributed by atoms with Gasteiger partial charge in [0.15, 0.2) is 0 Å². The Morgan fingerprint density at radius 1 is 1.04 bits per heavy atom. The van der Waals surface area contributed by atoms with Crippen LogP contribution in [0.15, 0.2) is 41.4 Å². The number of fused-ring (bicyclic) bond motifs is 2. The summed E-state index contributed by atoms with van der Waals surface area (Å²) < 4.78 is 28.2. The van der Waals surface area contributed by atoms with Crippen LogP contribution in [0.4, 0.5) is 0 Å². The zero-order valence-corrected chi connectivity index (χ0v) is 17.3. The van der Waals surface area contributed by atoms with Crippen molar-refractivity contribution < 1.29 is 8.42 Å². The van der Waals surface area contributed by atoms with Crippen LogP contribution in [0.25, 0.3) is 10.9 Å². The number of pyridine rings is 1.